The van der Waals surface area contributed by atoms with E-state index in [1.165, 1.54) is 0 Å². The summed E-state index contributed by atoms with van der Waals surface area (Å²) in [6.07, 6.45) is 4.69. The third-order valence-electron chi connectivity index (χ3n) is 3.45. The molecule has 2 rings (SSSR count). The first kappa shape index (κ1) is 14.5. The van der Waals surface area contributed by atoms with Crippen molar-refractivity contribution in [3.8, 4) is 11.8 Å². The summed E-state index contributed by atoms with van der Waals surface area (Å²) in [6.45, 7) is 0.536. The lowest BCUT2D eigenvalue weighted by Crippen LogP contribution is -2.46. The highest BCUT2D eigenvalue weighted by Crippen LogP contribution is 2.26. The number of hydrogen-bond donors (Lipinski definition) is 2. The van der Waals surface area contributed by atoms with Gasteiger partial charge >= 0.3 is 0 Å². The minimum Gasteiger partial charge on any atom is -0.395 e. The summed E-state index contributed by atoms with van der Waals surface area (Å²) in [5.74, 6) is 5.46. The van der Waals surface area contributed by atoms with Gasteiger partial charge in [-0.05, 0) is 31.4 Å². The summed E-state index contributed by atoms with van der Waals surface area (Å²) in [6, 6.07) is 3.73. The first-order valence-corrected chi connectivity index (χ1v) is 6.83. The Bertz CT molecular complexity index is 529. The van der Waals surface area contributed by atoms with Crippen molar-refractivity contribution < 1.29 is 9.90 Å². The van der Waals surface area contributed by atoms with Gasteiger partial charge in [0.05, 0.1) is 18.7 Å². The van der Waals surface area contributed by atoms with Gasteiger partial charge in [-0.2, -0.15) is 0 Å². The van der Waals surface area contributed by atoms with Crippen molar-refractivity contribution in [1.82, 2.24) is 9.88 Å². The van der Waals surface area contributed by atoms with Crippen LogP contribution in [-0.2, 0) is 0 Å². The van der Waals surface area contributed by atoms with Gasteiger partial charge in [0.1, 0.15) is 5.69 Å². The van der Waals surface area contributed by atoms with Crippen LogP contribution in [0.4, 0.5) is 0 Å². The number of carbonyl (C=O) groups is 1. The van der Waals surface area contributed by atoms with Gasteiger partial charge < -0.3 is 15.7 Å². The molecule has 1 aromatic rings. The van der Waals surface area contributed by atoms with Gasteiger partial charge in [-0.3, -0.25) is 4.79 Å². The van der Waals surface area contributed by atoms with Crippen LogP contribution in [0.3, 0.4) is 0 Å². The van der Waals surface area contributed by atoms with Crippen LogP contribution < -0.4 is 5.73 Å². The van der Waals surface area contributed by atoms with E-state index in [9.17, 15) is 4.79 Å². The zero-order valence-corrected chi connectivity index (χ0v) is 11.4. The second-order valence-electron chi connectivity index (χ2n) is 4.71. The molecule has 3 N–H and O–H groups in total. The van der Waals surface area contributed by atoms with Gasteiger partial charge in [0.2, 0.25) is 0 Å². The second kappa shape index (κ2) is 7.04. The topological polar surface area (TPSA) is 79.5 Å². The lowest BCUT2D eigenvalue weighted by atomic mass is 9.91. The maximum absolute atomic E-state index is 12.6. The van der Waals surface area contributed by atoms with Crippen LogP contribution in [-0.4, -0.2) is 46.6 Å². The Balaban J connectivity index is 2.26. The van der Waals surface area contributed by atoms with Gasteiger partial charge in [0.15, 0.2) is 0 Å². The van der Waals surface area contributed by atoms with Crippen LogP contribution in [0.15, 0.2) is 18.3 Å². The van der Waals surface area contributed by atoms with Crippen LogP contribution in [0, 0.1) is 11.8 Å². The molecule has 1 fully saturated rings. The smallest absolute Gasteiger partial charge is 0.274 e. The molecule has 20 heavy (non-hydrogen) atoms. The molecular weight excluding hydrogens is 254 g/mol. The minimum absolute atomic E-state index is 0.0428. The van der Waals surface area contributed by atoms with Crippen molar-refractivity contribution in [2.24, 2.45) is 5.73 Å². The van der Waals surface area contributed by atoms with E-state index in [0.717, 1.165) is 19.3 Å². The van der Waals surface area contributed by atoms with E-state index in [-0.39, 0.29) is 25.1 Å². The Morgan fingerprint density at radius 3 is 2.95 bits per heavy atom. The summed E-state index contributed by atoms with van der Waals surface area (Å²) in [4.78, 5) is 18.5. The van der Waals surface area contributed by atoms with Crippen molar-refractivity contribution in [2.45, 2.75) is 25.3 Å². The largest absolute Gasteiger partial charge is 0.395 e. The molecule has 0 radical (unpaired) electrons. The Labute approximate surface area is 118 Å². The Morgan fingerprint density at radius 2 is 2.35 bits per heavy atom. The fraction of sp³-hybridized carbons (Fsp3) is 0.467. The molecule has 0 spiro atoms. The minimum atomic E-state index is -0.161. The average molecular weight is 273 g/mol. The molecule has 0 atom stereocenters. The zero-order valence-electron chi connectivity index (χ0n) is 11.4. The summed E-state index contributed by atoms with van der Waals surface area (Å²) in [5, 5.41) is 9.15. The van der Waals surface area contributed by atoms with Gasteiger partial charge in [-0.25, -0.2) is 4.98 Å². The van der Waals surface area contributed by atoms with Gasteiger partial charge in [0.25, 0.3) is 5.91 Å². The average Bonchev–Trinajstić information content (AvgIpc) is 2.42. The zero-order chi connectivity index (χ0) is 14.4. The molecule has 0 unspecified atom stereocenters. The third kappa shape index (κ3) is 3.16. The van der Waals surface area contributed by atoms with Crippen LogP contribution in [0.2, 0.25) is 0 Å². The molecule has 1 amide bonds. The van der Waals surface area contributed by atoms with E-state index >= 15 is 0 Å². The van der Waals surface area contributed by atoms with Crippen molar-refractivity contribution >= 4 is 5.91 Å². The monoisotopic (exact) mass is 273 g/mol. The molecule has 5 nitrogen and oxygen atoms in total. The summed E-state index contributed by atoms with van der Waals surface area (Å²) >= 11 is 0. The number of aliphatic hydroxyl groups is 1. The number of carbonyl (C=O) groups excluding carboxylic acids is 1. The predicted octanol–water partition coefficient (Wildman–Crippen LogP) is 0.379. The Kier molecular flexibility index (Phi) is 5.10. The number of pyridine rings is 1. The molecule has 0 aliphatic heterocycles. The first-order chi connectivity index (χ1) is 9.77. The van der Waals surface area contributed by atoms with Crippen LogP contribution in [0.1, 0.15) is 35.3 Å². The lowest BCUT2D eigenvalue weighted by molar-refractivity contribution is 0.0519. The van der Waals surface area contributed by atoms with Gasteiger partial charge in [-0.1, -0.05) is 11.8 Å². The fourth-order valence-electron chi connectivity index (χ4n) is 2.21. The SMILES string of the molecule is NCC#Cc1cccnc1C(=O)N(CCO)C1CCC1. The highest BCUT2D eigenvalue weighted by Gasteiger charge is 2.30. The van der Waals surface area contributed by atoms with Crippen LogP contribution >= 0.6 is 0 Å². The molecule has 1 saturated carbocycles. The second-order valence-corrected chi connectivity index (χ2v) is 4.71. The number of aliphatic hydroxyl groups excluding tert-OH is 1. The molecule has 0 bridgehead atoms. The van der Waals surface area contributed by atoms with Crippen molar-refractivity contribution in [3.05, 3.63) is 29.6 Å². The highest BCUT2D eigenvalue weighted by atomic mass is 16.3. The molecular formula is C15H19N3O2. The van der Waals surface area contributed by atoms with E-state index in [1.54, 1.807) is 23.2 Å². The lowest BCUT2D eigenvalue weighted by Gasteiger charge is -2.37. The highest BCUT2D eigenvalue weighted by molar-refractivity contribution is 5.95. The number of nitrogens with zero attached hydrogens (tertiary/aromatic N) is 2. The maximum Gasteiger partial charge on any atom is 0.274 e. The molecule has 1 aliphatic rings. The normalized spacial score (nSPS) is 14.1. The summed E-state index contributed by atoms with van der Waals surface area (Å²) in [5.41, 5.74) is 6.30. The Hall–Kier alpha value is -1.90. The van der Waals surface area contributed by atoms with E-state index in [1.807, 2.05) is 0 Å². The molecule has 1 heterocycles. The van der Waals surface area contributed by atoms with Crippen molar-refractivity contribution in [1.29, 1.82) is 0 Å². The molecule has 5 heteroatoms. The summed E-state index contributed by atoms with van der Waals surface area (Å²) < 4.78 is 0. The molecule has 1 aliphatic carbocycles. The van der Waals surface area contributed by atoms with Crippen LogP contribution in [0.5, 0.6) is 0 Å². The van der Waals surface area contributed by atoms with E-state index < -0.39 is 0 Å². The molecule has 0 aromatic carbocycles. The van der Waals surface area contributed by atoms with Crippen molar-refractivity contribution in [3.63, 3.8) is 0 Å². The molecule has 106 valence electrons. The number of hydrogen-bond acceptors (Lipinski definition) is 4. The van der Waals surface area contributed by atoms with Crippen LogP contribution in [0.25, 0.3) is 0 Å². The van der Waals surface area contributed by atoms with E-state index in [4.69, 9.17) is 10.8 Å². The van der Waals surface area contributed by atoms with E-state index in [2.05, 4.69) is 16.8 Å². The maximum atomic E-state index is 12.6. The predicted molar refractivity (Wildman–Crippen MR) is 75.9 cm³/mol. The number of rotatable bonds is 4. The first-order valence-electron chi connectivity index (χ1n) is 6.83. The standard InChI is InChI=1S/C15H19N3O2/c16-8-2-4-12-5-3-9-17-14(12)15(20)18(10-11-19)13-6-1-7-13/h3,5,9,13,19H,1,6-8,10-11,16H2. The molecule has 0 saturated heterocycles. The quantitative estimate of drug-likeness (QED) is 0.777. The number of aromatic nitrogens is 1. The van der Waals surface area contributed by atoms with E-state index in [0.29, 0.717) is 17.8 Å². The summed E-state index contributed by atoms with van der Waals surface area (Å²) in [7, 11) is 0. The molecule has 1 aromatic heterocycles. The number of nitrogens with two attached hydrogens (primary N) is 1. The van der Waals surface area contributed by atoms with Crippen molar-refractivity contribution in [2.75, 3.05) is 19.7 Å². The van der Waals surface area contributed by atoms with Gasteiger partial charge in [0, 0.05) is 18.8 Å². The fourth-order valence-corrected chi connectivity index (χ4v) is 2.21. The number of amides is 1. The third-order valence-corrected chi connectivity index (χ3v) is 3.45. The van der Waals surface area contributed by atoms with Gasteiger partial charge in [-0.15, -0.1) is 0 Å². The Morgan fingerprint density at radius 1 is 1.55 bits per heavy atom.